The molecule has 8 nitrogen and oxygen atoms in total. The number of ketones is 1. The van der Waals surface area contributed by atoms with Crippen LogP contribution in [0.1, 0.15) is 127 Å². The van der Waals surface area contributed by atoms with Gasteiger partial charge in [-0.05, 0) is 116 Å². The molecule has 1 aromatic carbocycles. The molecule has 9 atom stereocenters. The first-order valence-electron chi connectivity index (χ1n) is 17.5. The molecule has 4 fully saturated rings. The van der Waals surface area contributed by atoms with Crippen molar-refractivity contribution in [3.63, 3.8) is 0 Å². The van der Waals surface area contributed by atoms with Crippen molar-refractivity contribution in [3.05, 3.63) is 47.0 Å². The van der Waals surface area contributed by atoms with Crippen molar-refractivity contribution in [1.29, 1.82) is 0 Å². The largest absolute Gasteiger partial charge is 0.478 e. The summed E-state index contributed by atoms with van der Waals surface area (Å²) < 4.78 is 11.1. The molecular formula is C39H53NO7. The number of fused-ring (bicyclic) bond motifs is 7. The Morgan fingerprint density at radius 2 is 1.53 bits per heavy atom. The molecule has 0 unspecified atom stereocenters. The van der Waals surface area contributed by atoms with Gasteiger partial charge in [0, 0.05) is 16.9 Å². The summed E-state index contributed by atoms with van der Waals surface area (Å²) in [5, 5.41) is 12.8. The highest BCUT2D eigenvalue weighted by molar-refractivity contribution is 6.02. The number of carbonyl (C=O) groups is 4. The summed E-state index contributed by atoms with van der Waals surface area (Å²) >= 11 is 0. The van der Waals surface area contributed by atoms with Gasteiger partial charge in [0.15, 0.2) is 5.78 Å². The van der Waals surface area contributed by atoms with E-state index in [2.05, 4.69) is 53.8 Å². The van der Waals surface area contributed by atoms with E-state index in [1.54, 1.807) is 12.1 Å². The molecule has 8 heteroatoms. The molecule has 256 valence electrons. The molecule has 47 heavy (non-hydrogen) atoms. The topological polar surface area (TPSA) is 119 Å². The van der Waals surface area contributed by atoms with Crippen molar-refractivity contribution in [2.24, 2.45) is 44.8 Å². The molecule has 0 bridgehead atoms. The molecule has 5 aliphatic carbocycles. The number of methoxy groups -OCH3 is 1. The zero-order valence-electron chi connectivity index (χ0n) is 29.5. The van der Waals surface area contributed by atoms with Gasteiger partial charge in [-0.1, -0.05) is 59.2 Å². The first-order valence-corrected chi connectivity index (χ1v) is 17.5. The molecule has 1 amide bonds. The third-order valence-electron chi connectivity index (χ3n) is 14.7. The van der Waals surface area contributed by atoms with E-state index in [1.165, 1.54) is 24.8 Å². The SMILES string of the molecule is COC(=O)N[C@@]1(C)CC[C@]2(C)CC[C@]3(C)C(=CC(=O)[C@@H]4[C@@]5(C)CC[C@H](OC(=O)c6ccccc6C(=O)O)C(C)(C)[C@@H]5CC[C@]43C)[C@H]2C1. The molecule has 0 radical (unpaired) electrons. The lowest BCUT2D eigenvalue weighted by atomic mass is 9.33. The fraction of sp³-hybridized carbons (Fsp3) is 0.692. The van der Waals surface area contributed by atoms with Gasteiger partial charge in [0.25, 0.3) is 0 Å². The van der Waals surface area contributed by atoms with Crippen molar-refractivity contribution in [2.75, 3.05) is 7.11 Å². The maximum Gasteiger partial charge on any atom is 0.407 e. The lowest BCUT2D eigenvalue weighted by Gasteiger charge is -2.70. The van der Waals surface area contributed by atoms with E-state index in [4.69, 9.17) is 9.47 Å². The van der Waals surface area contributed by atoms with Gasteiger partial charge in [-0.3, -0.25) is 4.79 Å². The summed E-state index contributed by atoms with van der Waals surface area (Å²) in [6.45, 7) is 15.9. The van der Waals surface area contributed by atoms with Gasteiger partial charge in [0.2, 0.25) is 0 Å². The smallest absolute Gasteiger partial charge is 0.407 e. The van der Waals surface area contributed by atoms with Crippen molar-refractivity contribution in [2.45, 2.75) is 118 Å². The number of alkyl carbamates (subject to hydrolysis) is 1. The van der Waals surface area contributed by atoms with Crippen molar-refractivity contribution in [3.8, 4) is 0 Å². The second-order valence-corrected chi connectivity index (χ2v) is 17.5. The average Bonchev–Trinajstić information content (AvgIpc) is 3.00. The summed E-state index contributed by atoms with van der Waals surface area (Å²) in [4.78, 5) is 52.2. The van der Waals surface area contributed by atoms with Gasteiger partial charge in [0.1, 0.15) is 6.10 Å². The maximum atomic E-state index is 14.7. The van der Waals surface area contributed by atoms with Gasteiger partial charge >= 0.3 is 18.0 Å². The monoisotopic (exact) mass is 647 g/mol. The number of amides is 1. The first kappa shape index (κ1) is 33.7. The van der Waals surface area contributed by atoms with Crippen LogP contribution in [-0.2, 0) is 14.3 Å². The standard InChI is InChI=1S/C39H53NO7/c1-34(2)28-13-16-39(7)30(37(28,5)15-14-29(34)47-32(44)24-12-10-9-11-23(24)31(42)43)27(41)21-25-26-22-36(4,40-33(45)46-8)19-17-35(26,3)18-20-38(25,39)6/h9-12,21,26,28-30H,13-20,22H2,1-8H3,(H,40,45)(H,42,43)/t26-,28+,29+,30-,35-,36+,37+,38-,39-/m1/s1. The van der Waals surface area contributed by atoms with Crippen molar-refractivity contribution < 1.29 is 33.8 Å². The van der Waals surface area contributed by atoms with Gasteiger partial charge in [-0.15, -0.1) is 0 Å². The van der Waals surface area contributed by atoms with E-state index in [0.717, 1.165) is 51.4 Å². The number of rotatable bonds is 4. The van der Waals surface area contributed by atoms with Gasteiger partial charge in [-0.2, -0.15) is 0 Å². The molecular weight excluding hydrogens is 594 g/mol. The van der Waals surface area contributed by atoms with Crippen LogP contribution in [0.2, 0.25) is 0 Å². The van der Waals surface area contributed by atoms with E-state index >= 15 is 0 Å². The predicted molar refractivity (Wildman–Crippen MR) is 178 cm³/mol. The quantitative estimate of drug-likeness (QED) is 0.318. The average molecular weight is 648 g/mol. The van der Waals surface area contributed by atoms with Crippen LogP contribution in [-0.4, -0.2) is 47.7 Å². The fourth-order valence-electron chi connectivity index (χ4n) is 11.8. The fourth-order valence-corrected chi connectivity index (χ4v) is 11.8. The number of esters is 1. The Labute approximate surface area is 279 Å². The molecule has 0 heterocycles. The van der Waals surface area contributed by atoms with Crippen LogP contribution in [0.4, 0.5) is 4.79 Å². The highest BCUT2D eigenvalue weighted by Crippen LogP contribution is 2.75. The van der Waals surface area contributed by atoms with Crippen LogP contribution in [0.25, 0.3) is 0 Å². The number of carbonyl (C=O) groups excluding carboxylic acids is 3. The zero-order valence-corrected chi connectivity index (χ0v) is 29.5. The molecule has 0 saturated heterocycles. The Kier molecular flexibility index (Phi) is 7.84. The Bertz CT molecular complexity index is 1550. The van der Waals surface area contributed by atoms with Crippen molar-refractivity contribution in [1.82, 2.24) is 5.32 Å². The third kappa shape index (κ3) is 4.89. The zero-order chi connectivity index (χ0) is 34.4. The van der Waals surface area contributed by atoms with Crippen LogP contribution in [0.15, 0.2) is 35.9 Å². The van der Waals surface area contributed by atoms with Gasteiger partial charge < -0.3 is 19.9 Å². The number of benzene rings is 1. The molecule has 1 aromatic rings. The van der Waals surface area contributed by atoms with Crippen LogP contribution in [0.3, 0.4) is 0 Å². The highest BCUT2D eigenvalue weighted by atomic mass is 16.5. The number of hydrogen-bond donors (Lipinski definition) is 2. The second kappa shape index (κ2) is 10.9. The number of allylic oxidation sites excluding steroid dienone is 2. The maximum absolute atomic E-state index is 14.7. The number of carboxylic acids is 1. The summed E-state index contributed by atoms with van der Waals surface area (Å²) in [6.07, 6.45) is 9.25. The van der Waals surface area contributed by atoms with Gasteiger partial charge in [-0.25, -0.2) is 14.4 Å². The minimum absolute atomic E-state index is 0.0593. The molecule has 0 spiro atoms. The normalized spacial score (nSPS) is 42.0. The summed E-state index contributed by atoms with van der Waals surface area (Å²) in [6, 6.07) is 6.20. The first-order chi connectivity index (χ1) is 21.9. The highest BCUT2D eigenvalue weighted by Gasteiger charge is 2.70. The van der Waals surface area contributed by atoms with Gasteiger partial charge in [0.05, 0.1) is 18.2 Å². The minimum atomic E-state index is -1.16. The number of hydrogen-bond acceptors (Lipinski definition) is 6. The lowest BCUT2D eigenvalue weighted by Crippen LogP contribution is -2.67. The van der Waals surface area contributed by atoms with Crippen LogP contribution >= 0.6 is 0 Å². The molecule has 0 aromatic heterocycles. The Morgan fingerprint density at radius 1 is 0.872 bits per heavy atom. The third-order valence-corrected chi connectivity index (χ3v) is 14.7. The van der Waals surface area contributed by atoms with E-state index in [9.17, 15) is 24.3 Å². The second-order valence-electron chi connectivity index (χ2n) is 17.5. The van der Waals surface area contributed by atoms with Crippen LogP contribution in [0.5, 0.6) is 0 Å². The molecule has 6 rings (SSSR count). The summed E-state index contributed by atoms with van der Waals surface area (Å²) in [7, 11) is 1.40. The van der Waals surface area contributed by atoms with Crippen LogP contribution < -0.4 is 5.32 Å². The lowest BCUT2D eigenvalue weighted by molar-refractivity contribution is -0.202. The Hall–Kier alpha value is -3.16. The van der Waals surface area contributed by atoms with E-state index in [1.807, 2.05) is 6.08 Å². The number of aromatic carboxylic acids is 1. The number of ether oxygens (including phenoxy) is 2. The summed E-state index contributed by atoms with van der Waals surface area (Å²) in [5.41, 5.74) is -0.103. The van der Waals surface area contributed by atoms with Crippen LogP contribution in [0, 0.1) is 44.8 Å². The Morgan fingerprint density at radius 3 is 2.19 bits per heavy atom. The molecule has 2 N–H and O–H groups in total. The predicted octanol–water partition coefficient (Wildman–Crippen LogP) is 8.00. The molecule has 4 saturated carbocycles. The Balaban J connectivity index is 1.32. The van der Waals surface area contributed by atoms with Crippen molar-refractivity contribution >= 4 is 23.8 Å². The minimum Gasteiger partial charge on any atom is -0.478 e. The van der Waals surface area contributed by atoms with E-state index in [-0.39, 0.29) is 56.3 Å². The summed E-state index contributed by atoms with van der Waals surface area (Å²) in [5.74, 6) is -1.34. The van der Waals surface area contributed by atoms with E-state index < -0.39 is 35.1 Å². The molecule has 5 aliphatic rings. The number of carboxylic acid groups (broad SMARTS) is 1. The molecule has 0 aliphatic heterocycles. The number of nitrogens with one attached hydrogen (secondary N) is 1. The van der Waals surface area contributed by atoms with E-state index in [0.29, 0.717) is 6.42 Å².